The molecule has 1 saturated heterocycles. The van der Waals surface area contributed by atoms with E-state index in [0.717, 1.165) is 29.0 Å². The molecule has 0 aliphatic carbocycles. The Bertz CT molecular complexity index is 700. The molecule has 1 fully saturated rings. The Morgan fingerprint density at radius 1 is 1.52 bits per heavy atom. The number of aromatic nitrogens is 3. The van der Waals surface area contributed by atoms with Crippen molar-refractivity contribution < 1.29 is 4.74 Å². The van der Waals surface area contributed by atoms with Crippen molar-refractivity contribution in [3.63, 3.8) is 0 Å². The number of rotatable bonds is 2. The fraction of sp³-hybridized carbons (Fsp3) is 0.533. The van der Waals surface area contributed by atoms with E-state index in [2.05, 4.69) is 33.1 Å². The second-order valence-electron chi connectivity index (χ2n) is 6.01. The highest BCUT2D eigenvalue weighted by Crippen LogP contribution is 2.32. The Hall–Kier alpha value is -2.13. The standard InChI is InChI=1S/C15H19N5O/c1-10-8-21-5-4-20(10)13-6-11(15(2,3)9-16)14-12(18-13)7-17-19-14/h6-7,10H,4-5,8H2,1-3H3,(H,17,19)/t10-/m1/s1. The molecule has 1 atom stereocenters. The molecule has 0 radical (unpaired) electrons. The van der Waals surface area contributed by atoms with Gasteiger partial charge in [0.1, 0.15) is 11.3 Å². The van der Waals surface area contributed by atoms with E-state index in [4.69, 9.17) is 4.74 Å². The number of nitrogens with one attached hydrogen (secondary N) is 1. The Labute approximate surface area is 123 Å². The lowest BCUT2D eigenvalue weighted by molar-refractivity contribution is 0.0985. The summed E-state index contributed by atoms with van der Waals surface area (Å²) >= 11 is 0. The topological polar surface area (TPSA) is 77.8 Å². The fourth-order valence-electron chi connectivity index (χ4n) is 2.69. The van der Waals surface area contributed by atoms with Crippen molar-refractivity contribution in [1.82, 2.24) is 15.2 Å². The summed E-state index contributed by atoms with van der Waals surface area (Å²) in [5.74, 6) is 0.887. The molecule has 0 bridgehead atoms. The maximum Gasteiger partial charge on any atom is 0.130 e. The molecule has 0 saturated carbocycles. The number of fused-ring (bicyclic) bond motifs is 1. The van der Waals surface area contributed by atoms with Crippen LogP contribution in [0, 0.1) is 11.3 Å². The molecular weight excluding hydrogens is 266 g/mol. The van der Waals surface area contributed by atoms with E-state index in [-0.39, 0.29) is 6.04 Å². The number of morpholine rings is 1. The molecule has 0 unspecified atom stereocenters. The van der Waals surface area contributed by atoms with Crippen LogP contribution in [0.2, 0.25) is 0 Å². The SMILES string of the molecule is C[C@@H]1COCCN1c1cc(C(C)(C)C#N)c2[nH]ncc2n1. The average Bonchev–Trinajstić information content (AvgIpc) is 2.94. The first-order valence-corrected chi connectivity index (χ1v) is 7.13. The summed E-state index contributed by atoms with van der Waals surface area (Å²) in [6, 6.07) is 4.64. The number of aromatic amines is 1. The number of anilines is 1. The van der Waals surface area contributed by atoms with Crippen LogP contribution in [0.3, 0.4) is 0 Å². The Morgan fingerprint density at radius 3 is 3.05 bits per heavy atom. The van der Waals surface area contributed by atoms with E-state index in [9.17, 15) is 5.26 Å². The van der Waals surface area contributed by atoms with Crippen molar-refractivity contribution in [2.24, 2.45) is 0 Å². The third-order valence-corrected chi connectivity index (χ3v) is 4.01. The van der Waals surface area contributed by atoms with Crippen LogP contribution in [0.1, 0.15) is 26.3 Å². The van der Waals surface area contributed by atoms with E-state index >= 15 is 0 Å². The Balaban J connectivity index is 2.15. The van der Waals surface area contributed by atoms with Gasteiger partial charge in [0.05, 0.1) is 42.5 Å². The molecule has 6 heteroatoms. The zero-order valence-electron chi connectivity index (χ0n) is 12.6. The van der Waals surface area contributed by atoms with Crippen LogP contribution in [0.5, 0.6) is 0 Å². The van der Waals surface area contributed by atoms with E-state index in [1.165, 1.54) is 0 Å². The average molecular weight is 285 g/mol. The summed E-state index contributed by atoms with van der Waals surface area (Å²) in [6.07, 6.45) is 1.71. The monoisotopic (exact) mass is 285 g/mol. The second kappa shape index (κ2) is 5.01. The molecule has 6 nitrogen and oxygen atoms in total. The molecule has 3 heterocycles. The summed E-state index contributed by atoms with van der Waals surface area (Å²) in [7, 11) is 0. The molecule has 2 aromatic heterocycles. The molecule has 110 valence electrons. The van der Waals surface area contributed by atoms with Crippen molar-refractivity contribution in [2.75, 3.05) is 24.7 Å². The minimum atomic E-state index is -0.599. The quantitative estimate of drug-likeness (QED) is 0.913. The smallest absolute Gasteiger partial charge is 0.130 e. The predicted molar refractivity (Wildman–Crippen MR) is 80.2 cm³/mol. The maximum atomic E-state index is 9.46. The lowest BCUT2D eigenvalue weighted by atomic mass is 9.86. The van der Waals surface area contributed by atoms with Gasteiger partial charge in [-0.3, -0.25) is 5.10 Å². The Kier molecular flexibility index (Phi) is 3.30. The molecule has 2 aromatic rings. The van der Waals surface area contributed by atoms with Crippen molar-refractivity contribution in [1.29, 1.82) is 5.26 Å². The molecule has 0 aromatic carbocycles. The van der Waals surface area contributed by atoms with Crippen molar-refractivity contribution in [2.45, 2.75) is 32.2 Å². The van der Waals surface area contributed by atoms with Crippen molar-refractivity contribution >= 4 is 16.9 Å². The van der Waals surface area contributed by atoms with Crippen molar-refractivity contribution in [3.8, 4) is 6.07 Å². The molecule has 1 aliphatic rings. The number of H-pyrrole nitrogens is 1. The first kappa shape index (κ1) is 13.8. The van der Waals surface area contributed by atoms with Crippen LogP contribution >= 0.6 is 0 Å². The molecule has 3 rings (SSSR count). The lowest BCUT2D eigenvalue weighted by Gasteiger charge is -2.35. The minimum Gasteiger partial charge on any atom is -0.377 e. The van der Waals surface area contributed by atoms with Gasteiger partial charge in [-0.15, -0.1) is 0 Å². The van der Waals surface area contributed by atoms with E-state index in [1.807, 2.05) is 19.9 Å². The number of hydrogen-bond donors (Lipinski definition) is 1. The zero-order chi connectivity index (χ0) is 15.0. The van der Waals surface area contributed by atoms with Crippen LogP contribution in [0.25, 0.3) is 11.0 Å². The van der Waals surface area contributed by atoms with Gasteiger partial charge in [0.15, 0.2) is 0 Å². The van der Waals surface area contributed by atoms with Gasteiger partial charge in [0, 0.05) is 12.1 Å². The number of pyridine rings is 1. The van der Waals surface area contributed by atoms with Gasteiger partial charge < -0.3 is 9.64 Å². The van der Waals surface area contributed by atoms with E-state index < -0.39 is 5.41 Å². The van der Waals surface area contributed by atoms with Crippen LogP contribution in [0.4, 0.5) is 5.82 Å². The molecule has 21 heavy (non-hydrogen) atoms. The van der Waals surface area contributed by atoms with E-state index in [1.54, 1.807) is 6.20 Å². The highest BCUT2D eigenvalue weighted by Gasteiger charge is 2.27. The fourth-order valence-corrected chi connectivity index (χ4v) is 2.69. The number of nitrogens with zero attached hydrogens (tertiary/aromatic N) is 4. The molecule has 1 aliphatic heterocycles. The summed E-state index contributed by atoms with van der Waals surface area (Å²) < 4.78 is 5.48. The van der Waals surface area contributed by atoms with E-state index in [0.29, 0.717) is 13.2 Å². The number of hydrogen-bond acceptors (Lipinski definition) is 5. The number of nitriles is 1. The first-order chi connectivity index (χ1) is 10.0. The number of ether oxygens (including phenoxy) is 1. The van der Waals surface area contributed by atoms with Gasteiger partial charge in [-0.1, -0.05) is 0 Å². The normalized spacial score (nSPS) is 19.7. The highest BCUT2D eigenvalue weighted by molar-refractivity contribution is 5.81. The molecule has 0 spiro atoms. The van der Waals surface area contributed by atoms with Gasteiger partial charge in [0.25, 0.3) is 0 Å². The van der Waals surface area contributed by atoms with Gasteiger partial charge >= 0.3 is 0 Å². The maximum absolute atomic E-state index is 9.46. The summed E-state index contributed by atoms with van der Waals surface area (Å²) in [4.78, 5) is 6.91. The van der Waals surface area contributed by atoms with Crippen LogP contribution in [-0.4, -0.2) is 41.0 Å². The largest absolute Gasteiger partial charge is 0.377 e. The van der Waals surface area contributed by atoms with Crippen LogP contribution in [0.15, 0.2) is 12.3 Å². The minimum absolute atomic E-state index is 0.272. The van der Waals surface area contributed by atoms with Gasteiger partial charge in [-0.05, 0) is 26.8 Å². The zero-order valence-corrected chi connectivity index (χ0v) is 12.6. The molecule has 1 N–H and O–H groups in total. The van der Waals surface area contributed by atoms with Crippen molar-refractivity contribution in [3.05, 3.63) is 17.8 Å². The second-order valence-corrected chi connectivity index (χ2v) is 6.01. The highest BCUT2D eigenvalue weighted by atomic mass is 16.5. The van der Waals surface area contributed by atoms with Crippen LogP contribution < -0.4 is 4.90 Å². The third kappa shape index (κ3) is 2.34. The summed E-state index contributed by atoms with van der Waals surface area (Å²) in [6.45, 7) is 8.15. The summed E-state index contributed by atoms with van der Waals surface area (Å²) in [5, 5.41) is 16.5. The predicted octanol–water partition coefficient (Wildman–Crippen LogP) is 1.98. The molecular formula is C15H19N5O. The summed E-state index contributed by atoms with van der Waals surface area (Å²) in [5.41, 5.74) is 1.97. The van der Waals surface area contributed by atoms with Gasteiger partial charge in [0.2, 0.25) is 0 Å². The van der Waals surface area contributed by atoms with Gasteiger partial charge in [-0.2, -0.15) is 10.4 Å². The third-order valence-electron chi connectivity index (χ3n) is 4.01. The molecule has 0 amide bonds. The Morgan fingerprint density at radius 2 is 2.33 bits per heavy atom. The van der Waals surface area contributed by atoms with Crippen LogP contribution in [-0.2, 0) is 10.2 Å². The van der Waals surface area contributed by atoms with Gasteiger partial charge in [-0.25, -0.2) is 4.98 Å². The first-order valence-electron chi connectivity index (χ1n) is 7.13. The lowest BCUT2D eigenvalue weighted by Crippen LogP contribution is -2.44.